The molecule has 2 aliphatic rings. The van der Waals surface area contributed by atoms with Crippen LogP contribution in [0.5, 0.6) is 0 Å². The topological polar surface area (TPSA) is 77.9 Å². The smallest absolute Gasteiger partial charge is 0.475 e. The Morgan fingerprint density at radius 1 is 1.17 bits per heavy atom. The maximum Gasteiger partial charge on any atom is 0.490 e. The first-order valence-corrected chi connectivity index (χ1v) is 10.8. The number of carboxylic acids is 1. The molecular weight excluding hydrogens is 428 g/mol. The lowest BCUT2D eigenvalue weighted by Gasteiger charge is -2.45. The van der Waals surface area contributed by atoms with E-state index in [1.807, 2.05) is 6.08 Å². The molecule has 0 amide bonds. The summed E-state index contributed by atoms with van der Waals surface area (Å²) in [4.78, 5) is 11.4. The Kier molecular flexibility index (Phi) is 7.64. The number of hydrogen-bond donors (Lipinski definition) is 1. The van der Waals surface area contributed by atoms with E-state index in [0.29, 0.717) is 13.1 Å². The number of alkyl halides is 3. The van der Waals surface area contributed by atoms with Crippen molar-refractivity contribution in [1.82, 2.24) is 9.21 Å². The molecule has 3 rings (SSSR count). The van der Waals surface area contributed by atoms with Crippen molar-refractivity contribution in [3.8, 4) is 0 Å². The van der Waals surface area contributed by atoms with Crippen molar-refractivity contribution in [2.24, 2.45) is 0 Å². The van der Waals surface area contributed by atoms with Crippen LogP contribution in [0.25, 0.3) is 0 Å². The molecular formula is C19H24F4N2O4S. The molecule has 1 N–H and O–H groups in total. The molecule has 168 valence electrons. The second-order valence-corrected chi connectivity index (χ2v) is 9.20. The Morgan fingerprint density at radius 2 is 1.70 bits per heavy atom. The Labute approximate surface area is 172 Å². The third-order valence-electron chi connectivity index (χ3n) is 5.30. The minimum Gasteiger partial charge on any atom is -0.475 e. The molecule has 1 atom stereocenters. The van der Waals surface area contributed by atoms with Crippen molar-refractivity contribution in [1.29, 1.82) is 0 Å². The Balaban J connectivity index is 0.000000396. The van der Waals surface area contributed by atoms with Crippen LogP contribution in [0.3, 0.4) is 0 Å². The van der Waals surface area contributed by atoms with Crippen molar-refractivity contribution < 1.29 is 35.9 Å². The van der Waals surface area contributed by atoms with Gasteiger partial charge in [0.1, 0.15) is 5.82 Å². The van der Waals surface area contributed by atoms with Gasteiger partial charge in [-0.05, 0) is 56.5 Å². The molecule has 30 heavy (non-hydrogen) atoms. The largest absolute Gasteiger partial charge is 0.490 e. The van der Waals surface area contributed by atoms with E-state index in [1.165, 1.54) is 24.3 Å². The van der Waals surface area contributed by atoms with E-state index in [1.54, 1.807) is 4.31 Å². The molecule has 1 aromatic carbocycles. The number of likely N-dealkylation sites (tertiary alicyclic amines) is 1. The van der Waals surface area contributed by atoms with E-state index in [-0.39, 0.29) is 10.4 Å². The summed E-state index contributed by atoms with van der Waals surface area (Å²) in [6.07, 6.45) is 0.805. The summed E-state index contributed by atoms with van der Waals surface area (Å²) in [6.45, 7) is 6.65. The second-order valence-electron chi connectivity index (χ2n) is 7.26. The first-order chi connectivity index (χ1) is 13.9. The van der Waals surface area contributed by atoms with Crippen LogP contribution in [0.15, 0.2) is 41.8 Å². The number of nitrogens with zero attached hydrogens (tertiary/aromatic N) is 2. The standard InChI is InChI=1S/C17H23FN2O2S.C2HF3O2/c1-2-11-19-12-3-9-17(19)10-4-13-20(14-17)23(21,22)16-7-5-15(18)6-8-16;3-2(4,5)1(6)7/h2,5-8H,1,3-4,9-14H2;(H,6,7). The van der Waals surface area contributed by atoms with E-state index < -0.39 is 28.0 Å². The first-order valence-electron chi connectivity index (χ1n) is 9.34. The van der Waals surface area contributed by atoms with Gasteiger partial charge in [0, 0.05) is 25.2 Å². The van der Waals surface area contributed by atoms with Crippen LogP contribution in [0.1, 0.15) is 25.7 Å². The number of carbonyl (C=O) groups is 1. The normalized spacial score (nSPS) is 23.1. The molecule has 0 bridgehead atoms. The van der Waals surface area contributed by atoms with Gasteiger partial charge < -0.3 is 5.11 Å². The van der Waals surface area contributed by atoms with Crippen LogP contribution in [-0.2, 0) is 14.8 Å². The lowest BCUT2D eigenvalue weighted by Crippen LogP contribution is -2.56. The highest BCUT2D eigenvalue weighted by molar-refractivity contribution is 7.89. The highest BCUT2D eigenvalue weighted by Gasteiger charge is 2.46. The van der Waals surface area contributed by atoms with Crippen molar-refractivity contribution in [2.45, 2.75) is 42.3 Å². The molecule has 0 aliphatic carbocycles. The summed E-state index contributed by atoms with van der Waals surface area (Å²) in [5, 5.41) is 7.12. The van der Waals surface area contributed by atoms with Gasteiger partial charge >= 0.3 is 12.1 Å². The predicted molar refractivity (Wildman–Crippen MR) is 102 cm³/mol. The quantitative estimate of drug-likeness (QED) is 0.561. The number of carboxylic acid groups (broad SMARTS) is 1. The molecule has 2 aliphatic heterocycles. The van der Waals surface area contributed by atoms with Gasteiger partial charge in [0.2, 0.25) is 10.0 Å². The van der Waals surface area contributed by atoms with Gasteiger partial charge in [-0.1, -0.05) is 6.08 Å². The van der Waals surface area contributed by atoms with Crippen LogP contribution < -0.4 is 0 Å². The fourth-order valence-corrected chi connectivity index (χ4v) is 5.49. The van der Waals surface area contributed by atoms with Crippen molar-refractivity contribution >= 4 is 16.0 Å². The average molecular weight is 452 g/mol. The van der Waals surface area contributed by atoms with Gasteiger partial charge in [-0.2, -0.15) is 17.5 Å². The summed E-state index contributed by atoms with van der Waals surface area (Å²) >= 11 is 0. The first kappa shape index (κ1) is 24.3. The van der Waals surface area contributed by atoms with Crippen molar-refractivity contribution in [3.05, 3.63) is 42.7 Å². The zero-order valence-electron chi connectivity index (χ0n) is 16.2. The van der Waals surface area contributed by atoms with Gasteiger partial charge in [0.25, 0.3) is 0 Å². The van der Waals surface area contributed by atoms with E-state index >= 15 is 0 Å². The molecule has 6 nitrogen and oxygen atoms in total. The predicted octanol–water partition coefficient (Wildman–Crippen LogP) is 3.26. The number of hydrogen-bond acceptors (Lipinski definition) is 4. The van der Waals surface area contributed by atoms with Gasteiger partial charge in [-0.3, -0.25) is 4.90 Å². The minimum absolute atomic E-state index is 0.0699. The third-order valence-corrected chi connectivity index (χ3v) is 7.16. The fourth-order valence-electron chi connectivity index (χ4n) is 3.93. The third kappa shape index (κ3) is 5.58. The molecule has 0 saturated carbocycles. The van der Waals surface area contributed by atoms with Crippen LogP contribution >= 0.6 is 0 Å². The molecule has 0 radical (unpaired) electrons. The minimum atomic E-state index is -5.08. The lowest BCUT2D eigenvalue weighted by molar-refractivity contribution is -0.192. The molecule has 0 aromatic heterocycles. The molecule has 1 aromatic rings. The summed E-state index contributed by atoms with van der Waals surface area (Å²) in [6, 6.07) is 5.10. The number of sulfonamides is 1. The number of piperidine rings is 1. The van der Waals surface area contributed by atoms with Crippen LogP contribution in [0.2, 0.25) is 0 Å². The molecule has 1 spiro atoms. The van der Waals surface area contributed by atoms with E-state index in [9.17, 15) is 26.0 Å². The van der Waals surface area contributed by atoms with Crippen LogP contribution in [0.4, 0.5) is 17.6 Å². The van der Waals surface area contributed by atoms with Crippen molar-refractivity contribution in [2.75, 3.05) is 26.2 Å². The molecule has 2 saturated heterocycles. The Bertz CT molecular complexity index is 858. The average Bonchev–Trinajstić information content (AvgIpc) is 3.04. The second kappa shape index (κ2) is 9.44. The maximum absolute atomic E-state index is 13.1. The maximum atomic E-state index is 13.1. The van der Waals surface area contributed by atoms with E-state index in [2.05, 4.69) is 11.5 Å². The van der Waals surface area contributed by atoms with E-state index in [0.717, 1.165) is 38.8 Å². The fraction of sp³-hybridized carbons (Fsp3) is 0.526. The van der Waals surface area contributed by atoms with Gasteiger partial charge in [-0.15, -0.1) is 6.58 Å². The zero-order valence-corrected chi connectivity index (χ0v) is 17.1. The number of benzene rings is 1. The van der Waals surface area contributed by atoms with Crippen LogP contribution in [-0.4, -0.2) is 66.6 Å². The summed E-state index contributed by atoms with van der Waals surface area (Å²) < 4.78 is 72.1. The molecule has 11 heteroatoms. The number of halogens is 4. The summed E-state index contributed by atoms with van der Waals surface area (Å²) in [5.41, 5.74) is -0.0699. The van der Waals surface area contributed by atoms with Gasteiger partial charge in [0.05, 0.1) is 4.90 Å². The highest BCUT2D eigenvalue weighted by atomic mass is 32.2. The highest BCUT2D eigenvalue weighted by Crippen LogP contribution is 2.38. The molecule has 2 fully saturated rings. The number of rotatable bonds is 4. The molecule has 2 heterocycles. The Hall–Kier alpha value is -1.98. The van der Waals surface area contributed by atoms with Gasteiger partial charge in [-0.25, -0.2) is 17.6 Å². The lowest BCUT2D eigenvalue weighted by atomic mass is 9.87. The van der Waals surface area contributed by atoms with Gasteiger partial charge in [0.15, 0.2) is 0 Å². The van der Waals surface area contributed by atoms with E-state index in [4.69, 9.17) is 9.90 Å². The summed E-state index contributed by atoms with van der Waals surface area (Å²) in [5.74, 6) is -3.18. The zero-order chi connectivity index (χ0) is 22.6. The van der Waals surface area contributed by atoms with Crippen molar-refractivity contribution in [3.63, 3.8) is 0 Å². The SMILES string of the molecule is C=CCN1CCCC12CCCN(S(=O)(=O)c1ccc(F)cc1)C2.O=C(O)C(F)(F)F. The Morgan fingerprint density at radius 3 is 2.20 bits per heavy atom. The monoisotopic (exact) mass is 452 g/mol. The summed E-state index contributed by atoms with van der Waals surface area (Å²) in [7, 11) is -3.57. The molecule has 1 unspecified atom stereocenters. The van der Waals surface area contributed by atoms with Crippen LogP contribution in [0, 0.1) is 5.82 Å². The number of aliphatic carboxylic acids is 1.